The van der Waals surface area contributed by atoms with Crippen LogP contribution < -0.4 is 24.3 Å². The largest absolute Gasteiger partial charge is 0.496 e. The van der Waals surface area contributed by atoms with Crippen LogP contribution in [0.3, 0.4) is 0 Å². The maximum absolute atomic E-state index is 14.2. The Bertz CT molecular complexity index is 1590. The van der Waals surface area contributed by atoms with Crippen molar-refractivity contribution in [2.75, 3.05) is 41.5 Å². The number of nitrogens with one attached hydrogen (secondary N) is 1. The molecule has 11 nitrogen and oxygen atoms in total. The van der Waals surface area contributed by atoms with Gasteiger partial charge in [0, 0.05) is 23.7 Å². The van der Waals surface area contributed by atoms with E-state index in [1.165, 1.54) is 19.2 Å². The molecule has 0 radical (unpaired) electrons. The van der Waals surface area contributed by atoms with E-state index in [0.29, 0.717) is 49.7 Å². The molecule has 1 aliphatic rings. The van der Waals surface area contributed by atoms with Gasteiger partial charge >= 0.3 is 12.0 Å². The summed E-state index contributed by atoms with van der Waals surface area (Å²) in [6, 6.07) is 13.6. The van der Waals surface area contributed by atoms with Crippen LogP contribution >= 0.6 is 23.8 Å². The van der Waals surface area contributed by atoms with Gasteiger partial charge < -0.3 is 34.3 Å². The van der Waals surface area contributed by atoms with Gasteiger partial charge in [-0.15, -0.1) is 0 Å². The highest BCUT2D eigenvalue weighted by Gasteiger charge is 2.37. The number of benzene rings is 3. The number of nitrogens with zero attached hydrogens (tertiary/aromatic N) is 2. The molecule has 2 atom stereocenters. The highest BCUT2D eigenvalue weighted by atomic mass is 35.5. The van der Waals surface area contributed by atoms with Crippen LogP contribution in [-0.4, -0.2) is 79.3 Å². The second kappa shape index (κ2) is 15.2. The minimum absolute atomic E-state index is 0.125. The normalized spacial score (nSPS) is 15.6. The van der Waals surface area contributed by atoms with E-state index in [1.807, 2.05) is 4.90 Å². The monoisotopic (exact) mass is 669 g/mol. The van der Waals surface area contributed by atoms with Gasteiger partial charge in [0.25, 0.3) is 0 Å². The average Bonchev–Trinajstić information content (AvgIpc) is 3.16. The molecule has 3 aromatic rings. The second-order valence-electron chi connectivity index (χ2n) is 10.7. The lowest BCUT2D eigenvalue weighted by Crippen LogP contribution is -2.48. The standard InChI is InChI=1S/C33H36ClN3O8S/c1-19(20-6-8-21(9-7-20)32(39)40)35-33(41)37-18-30(46)36(17-26-28(44-4)14-25(42-2)15-29(26)45-5)16-23(31(37)38)12-22-13-24(34)10-11-27(22)43-3/h6-11,13-15,19,23H,12,16-18H2,1-5H3,(H,35,41)(H,39,40)/t19-,23-/m1/s1. The summed E-state index contributed by atoms with van der Waals surface area (Å²) in [5, 5.41) is 12.6. The predicted octanol–water partition coefficient (Wildman–Crippen LogP) is 5.37. The number of imide groups is 1. The summed E-state index contributed by atoms with van der Waals surface area (Å²) in [6.07, 6.45) is 0.217. The van der Waals surface area contributed by atoms with Crippen LogP contribution in [0.4, 0.5) is 4.79 Å². The van der Waals surface area contributed by atoms with Gasteiger partial charge in [0.05, 0.1) is 69.6 Å². The van der Waals surface area contributed by atoms with Gasteiger partial charge in [-0.3, -0.25) is 9.69 Å². The summed E-state index contributed by atoms with van der Waals surface area (Å²) < 4.78 is 22.3. The van der Waals surface area contributed by atoms with Crippen molar-refractivity contribution in [3.8, 4) is 23.0 Å². The molecule has 0 saturated carbocycles. The number of carbonyl (C=O) groups excluding carboxylic acids is 2. The number of aromatic carboxylic acids is 1. The molecule has 0 bridgehead atoms. The Labute approximate surface area is 277 Å². The van der Waals surface area contributed by atoms with Gasteiger partial charge in [0.1, 0.15) is 23.0 Å². The molecule has 0 unspecified atom stereocenters. The highest BCUT2D eigenvalue weighted by molar-refractivity contribution is 7.80. The van der Waals surface area contributed by atoms with E-state index in [9.17, 15) is 19.5 Å². The molecule has 0 aromatic heterocycles. The van der Waals surface area contributed by atoms with E-state index in [0.717, 1.165) is 4.90 Å². The van der Waals surface area contributed by atoms with Gasteiger partial charge in [0.2, 0.25) is 5.91 Å². The summed E-state index contributed by atoms with van der Waals surface area (Å²) in [6.45, 7) is 2.01. The molecule has 0 spiro atoms. The lowest BCUT2D eigenvalue weighted by atomic mass is 9.96. The smallest absolute Gasteiger partial charge is 0.335 e. The first kappa shape index (κ1) is 34.3. The van der Waals surface area contributed by atoms with Crippen molar-refractivity contribution in [1.82, 2.24) is 15.1 Å². The summed E-state index contributed by atoms with van der Waals surface area (Å²) in [4.78, 5) is 42.5. The van der Waals surface area contributed by atoms with Crippen molar-refractivity contribution in [1.29, 1.82) is 0 Å². The van der Waals surface area contributed by atoms with Crippen molar-refractivity contribution in [2.45, 2.75) is 25.9 Å². The molecule has 4 rings (SSSR count). The van der Waals surface area contributed by atoms with E-state index in [4.69, 9.17) is 42.8 Å². The topological polar surface area (TPSA) is 127 Å². The summed E-state index contributed by atoms with van der Waals surface area (Å²) >= 11 is 12.2. The molecule has 46 heavy (non-hydrogen) atoms. The fourth-order valence-electron chi connectivity index (χ4n) is 5.31. The van der Waals surface area contributed by atoms with E-state index in [-0.39, 0.29) is 31.6 Å². The van der Waals surface area contributed by atoms with Crippen LogP contribution in [-0.2, 0) is 17.8 Å². The fraction of sp³-hybridized carbons (Fsp3) is 0.333. The number of hydrogen-bond donors (Lipinski definition) is 2. The maximum atomic E-state index is 14.2. The third-order valence-corrected chi connectivity index (χ3v) is 8.44. The molecular formula is C33H36ClN3O8S. The molecule has 3 aromatic carbocycles. The van der Waals surface area contributed by atoms with Crippen LogP contribution in [0.2, 0.25) is 5.02 Å². The third-order valence-electron chi connectivity index (χ3n) is 7.82. The third kappa shape index (κ3) is 7.80. The lowest BCUT2D eigenvalue weighted by molar-refractivity contribution is -0.131. The Morgan fingerprint density at radius 2 is 1.61 bits per heavy atom. The van der Waals surface area contributed by atoms with Crippen molar-refractivity contribution in [3.63, 3.8) is 0 Å². The van der Waals surface area contributed by atoms with Gasteiger partial charge in [-0.1, -0.05) is 36.0 Å². The number of methoxy groups -OCH3 is 4. The molecule has 13 heteroatoms. The minimum atomic E-state index is -1.05. The number of rotatable bonds is 11. The maximum Gasteiger partial charge on any atom is 0.335 e. The van der Waals surface area contributed by atoms with Crippen LogP contribution in [0, 0.1) is 5.92 Å². The van der Waals surface area contributed by atoms with Gasteiger partial charge in [-0.25, -0.2) is 9.59 Å². The van der Waals surface area contributed by atoms with Crippen LogP contribution in [0.15, 0.2) is 54.6 Å². The van der Waals surface area contributed by atoms with Gasteiger partial charge in [-0.2, -0.15) is 0 Å². The van der Waals surface area contributed by atoms with E-state index < -0.39 is 29.9 Å². The number of halogens is 1. The molecule has 0 aliphatic carbocycles. The first-order valence-electron chi connectivity index (χ1n) is 14.3. The first-order valence-corrected chi connectivity index (χ1v) is 15.1. The number of ether oxygens (including phenoxy) is 4. The van der Waals surface area contributed by atoms with Crippen molar-refractivity contribution in [2.24, 2.45) is 5.92 Å². The van der Waals surface area contributed by atoms with Gasteiger partial charge in [0.15, 0.2) is 0 Å². The molecule has 3 amide bonds. The number of carboxylic acids is 1. The summed E-state index contributed by atoms with van der Waals surface area (Å²) in [5.74, 6) is -0.0656. The Balaban J connectivity index is 1.68. The molecule has 2 N–H and O–H groups in total. The summed E-state index contributed by atoms with van der Waals surface area (Å²) in [7, 11) is 6.16. The zero-order valence-corrected chi connectivity index (χ0v) is 27.7. The Morgan fingerprint density at radius 1 is 0.978 bits per heavy atom. The van der Waals surface area contributed by atoms with Crippen LogP contribution in [0.5, 0.6) is 23.0 Å². The van der Waals surface area contributed by atoms with Crippen LogP contribution in [0.1, 0.15) is 40.0 Å². The zero-order valence-electron chi connectivity index (χ0n) is 26.2. The second-order valence-corrected chi connectivity index (χ2v) is 11.6. The van der Waals surface area contributed by atoms with Crippen molar-refractivity contribution in [3.05, 3.63) is 81.9 Å². The number of amides is 3. The average molecular weight is 670 g/mol. The lowest BCUT2D eigenvalue weighted by Gasteiger charge is -2.27. The van der Waals surface area contributed by atoms with E-state index in [1.54, 1.807) is 70.7 Å². The minimum Gasteiger partial charge on any atom is -0.496 e. The number of hydrogen-bond acceptors (Lipinski definition) is 8. The Morgan fingerprint density at radius 3 is 2.17 bits per heavy atom. The van der Waals surface area contributed by atoms with E-state index >= 15 is 0 Å². The Kier molecular flexibility index (Phi) is 11.3. The highest BCUT2D eigenvalue weighted by Crippen LogP contribution is 2.36. The Hall–Kier alpha value is -4.55. The van der Waals surface area contributed by atoms with E-state index in [2.05, 4.69) is 5.32 Å². The molecule has 1 heterocycles. The predicted molar refractivity (Wildman–Crippen MR) is 176 cm³/mol. The number of carboxylic acid groups (broad SMARTS) is 1. The zero-order chi connectivity index (χ0) is 33.5. The molecule has 1 fully saturated rings. The quantitative estimate of drug-likeness (QED) is 0.257. The van der Waals surface area contributed by atoms with Crippen molar-refractivity contribution < 1.29 is 38.4 Å². The number of carbonyl (C=O) groups is 3. The molecular weight excluding hydrogens is 634 g/mol. The summed E-state index contributed by atoms with van der Waals surface area (Å²) in [5.41, 5.74) is 2.19. The van der Waals surface area contributed by atoms with Crippen molar-refractivity contribution >= 4 is 46.7 Å². The number of urea groups is 1. The number of thiocarbonyl (C=S) groups is 1. The molecule has 1 aliphatic heterocycles. The van der Waals surface area contributed by atoms with Crippen LogP contribution in [0.25, 0.3) is 0 Å². The van der Waals surface area contributed by atoms with Gasteiger partial charge in [-0.05, 0) is 54.8 Å². The molecule has 244 valence electrons. The fourth-order valence-corrected chi connectivity index (χ4v) is 5.78. The SMILES string of the molecule is COc1cc(OC)c(CN2C[C@@H](Cc3cc(Cl)ccc3OC)C(=O)N(C(=O)N[C@H](C)c3ccc(C(=O)O)cc3)CC2=S)c(OC)c1. The first-order chi connectivity index (χ1) is 22.0. The molecule has 1 saturated heterocycles.